The quantitative estimate of drug-likeness (QED) is 0.804. The number of carbonyl (C=O) groups is 1. The molecule has 84 valence electrons. The molecule has 0 aromatic carbocycles. The van der Waals surface area contributed by atoms with Crippen molar-refractivity contribution in [1.82, 2.24) is 5.32 Å². The van der Waals surface area contributed by atoms with Gasteiger partial charge in [0.15, 0.2) is 0 Å². The Hall–Kier alpha value is -0.870. The Balaban J connectivity index is 2.54. The molecule has 0 bridgehead atoms. The smallest absolute Gasteiger partial charge is 0.261 e. The molecule has 4 heteroatoms. The van der Waals surface area contributed by atoms with Gasteiger partial charge in [-0.25, -0.2) is 0 Å². The molecule has 15 heavy (non-hydrogen) atoms. The summed E-state index contributed by atoms with van der Waals surface area (Å²) in [7, 11) is 0. The lowest BCUT2D eigenvalue weighted by Gasteiger charge is -2.09. The number of amides is 1. The standard InChI is InChI=1S/C11H17NO2S/c1-3-9-4-5-15-10(9)11(14)12-6-8(2)7-13/h4-5,8,13H,3,6-7H2,1-2H3,(H,12,14). The maximum absolute atomic E-state index is 11.7. The Morgan fingerprint density at radius 1 is 1.67 bits per heavy atom. The van der Waals surface area contributed by atoms with Gasteiger partial charge in [-0.1, -0.05) is 13.8 Å². The van der Waals surface area contributed by atoms with E-state index in [4.69, 9.17) is 5.11 Å². The molecule has 1 aromatic rings. The lowest BCUT2D eigenvalue weighted by Crippen LogP contribution is -2.29. The number of rotatable bonds is 5. The summed E-state index contributed by atoms with van der Waals surface area (Å²) < 4.78 is 0. The molecule has 1 rings (SSSR count). The van der Waals surface area contributed by atoms with Gasteiger partial charge in [0.05, 0.1) is 4.88 Å². The van der Waals surface area contributed by atoms with Crippen LogP contribution in [0, 0.1) is 5.92 Å². The van der Waals surface area contributed by atoms with Gasteiger partial charge in [0.25, 0.3) is 5.91 Å². The van der Waals surface area contributed by atoms with Crippen molar-refractivity contribution < 1.29 is 9.90 Å². The minimum atomic E-state index is -0.0258. The van der Waals surface area contributed by atoms with Crippen molar-refractivity contribution in [2.75, 3.05) is 13.2 Å². The summed E-state index contributed by atoms with van der Waals surface area (Å²) in [6.45, 7) is 4.56. The summed E-state index contributed by atoms with van der Waals surface area (Å²) in [4.78, 5) is 12.5. The first-order valence-electron chi connectivity index (χ1n) is 5.14. The molecule has 1 unspecified atom stereocenters. The van der Waals surface area contributed by atoms with Crippen LogP contribution in [-0.2, 0) is 6.42 Å². The van der Waals surface area contributed by atoms with Crippen LogP contribution in [0.25, 0.3) is 0 Å². The van der Waals surface area contributed by atoms with E-state index in [1.807, 2.05) is 25.3 Å². The maximum atomic E-state index is 11.7. The van der Waals surface area contributed by atoms with Crippen molar-refractivity contribution in [1.29, 1.82) is 0 Å². The second kappa shape index (κ2) is 5.88. The lowest BCUT2D eigenvalue weighted by atomic mass is 10.2. The molecule has 0 aliphatic carbocycles. The SMILES string of the molecule is CCc1ccsc1C(=O)NCC(C)CO. The maximum Gasteiger partial charge on any atom is 0.261 e. The summed E-state index contributed by atoms with van der Waals surface area (Å²) in [5.74, 6) is 0.0844. The molecule has 0 fully saturated rings. The van der Waals surface area contributed by atoms with Crippen LogP contribution in [0.4, 0.5) is 0 Å². The van der Waals surface area contributed by atoms with E-state index in [-0.39, 0.29) is 18.4 Å². The second-order valence-electron chi connectivity index (χ2n) is 3.63. The Labute approximate surface area is 94.1 Å². The van der Waals surface area contributed by atoms with Crippen LogP contribution in [0.15, 0.2) is 11.4 Å². The zero-order valence-corrected chi connectivity index (χ0v) is 9.93. The number of aryl methyl sites for hydroxylation is 1. The first kappa shape index (κ1) is 12.2. The number of thiophene rings is 1. The predicted octanol–water partition coefficient (Wildman–Crippen LogP) is 1.67. The second-order valence-corrected chi connectivity index (χ2v) is 4.54. The fourth-order valence-electron chi connectivity index (χ4n) is 1.23. The van der Waals surface area contributed by atoms with Gasteiger partial charge in [-0.3, -0.25) is 4.79 Å². The third-order valence-corrected chi connectivity index (χ3v) is 3.21. The van der Waals surface area contributed by atoms with Gasteiger partial charge in [-0.15, -0.1) is 11.3 Å². The van der Waals surface area contributed by atoms with Crippen molar-refractivity contribution in [2.24, 2.45) is 5.92 Å². The van der Waals surface area contributed by atoms with Crippen molar-refractivity contribution in [2.45, 2.75) is 20.3 Å². The summed E-state index contributed by atoms with van der Waals surface area (Å²) in [5.41, 5.74) is 1.09. The van der Waals surface area contributed by atoms with E-state index in [9.17, 15) is 4.79 Å². The van der Waals surface area contributed by atoms with E-state index < -0.39 is 0 Å². The molecule has 0 aliphatic heterocycles. The Morgan fingerprint density at radius 2 is 2.40 bits per heavy atom. The van der Waals surface area contributed by atoms with Crippen molar-refractivity contribution in [3.8, 4) is 0 Å². The van der Waals surface area contributed by atoms with Crippen molar-refractivity contribution in [3.63, 3.8) is 0 Å². The van der Waals surface area contributed by atoms with Gasteiger partial charge in [0.2, 0.25) is 0 Å². The average molecular weight is 227 g/mol. The zero-order valence-electron chi connectivity index (χ0n) is 9.12. The van der Waals surface area contributed by atoms with Gasteiger partial charge >= 0.3 is 0 Å². The molecule has 1 heterocycles. The molecule has 0 spiro atoms. The number of nitrogens with one attached hydrogen (secondary N) is 1. The fraction of sp³-hybridized carbons (Fsp3) is 0.545. The molecule has 1 atom stereocenters. The molecule has 0 saturated heterocycles. The van der Waals surface area contributed by atoms with Gasteiger partial charge in [-0.05, 0) is 29.3 Å². The van der Waals surface area contributed by atoms with Crippen molar-refractivity contribution >= 4 is 17.2 Å². The summed E-state index contributed by atoms with van der Waals surface area (Å²) in [6, 6.07) is 1.98. The van der Waals surface area contributed by atoms with Crippen LogP contribution in [0.3, 0.4) is 0 Å². The Bertz CT molecular complexity index is 322. The Kier molecular flexibility index (Phi) is 4.78. The largest absolute Gasteiger partial charge is 0.396 e. The van der Waals surface area contributed by atoms with Crippen molar-refractivity contribution in [3.05, 3.63) is 21.9 Å². The first-order valence-corrected chi connectivity index (χ1v) is 6.02. The number of carbonyl (C=O) groups excluding carboxylic acids is 1. The highest BCUT2D eigenvalue weighted by molar-refractivity contribution is 7.12. The van der Waals surface area contributed by atoms with Gasteiger partial charge in [0.1, 0.15) is 0 Å². The highest BCUT2D eigenvalue weighted by Crippen LogP contribution is 2.16. The van der Waals surface area contributed by atoms with Crippen LogP contribution < -0.4 is 5.32 Å². The summed E-state index contributed by atoms with van der Waals surface area (Å²) >= 11 is 1.47. The third kappa shape index (κ3) is 3.32. The van der Waals surface area contributed by atoms with Crippen LogP contribution in [0.5, 0.6) is 0 Å². The fourth-order valence-corrected chi connectivity index (χ4v) is 2.14. The lowest BCUT2D eigenvalue weighted by molar-refractivity contribution is 0.0945. The van der Waals surface area contributed by atoms with Crippen LogP contribution in [-0.4, -0.2) is 24.2 Å². The molecule has 0 aliphatic rings. The molecule has 0 saturated carbocycles. The van der Waals surface area contributed by atoms with Gasteiger partial charge in [-0.2, -0.15) is 0 Å². The summed E-state index contributed by atoms with van der Waals surface area (Å²) in [5, 5.41) is 13.6. The molecule has 2 N–H and O–H groups in total. The number of aliphatic hydroxyl groups is 1. The van der Waals surface area contributed by atoms with E-state index in [1.54, 1.807) is 0 Å². The average Bonchev–Trinajstić information content (AvgIpc) is 2.73. The van der Waals surface area contributed by atoms with Gasteiger partial charge in [0, 0.05) is 13.2 Å². The first-order chi connectivity index (χ1) is 7.19. The zero-order chi connectivity index (χ0) is 11.3. The predicted molar refractivity (Wildman–Crippen MR) is 62.3 cm³/mol. The minimum absolute atomic E-state index is 0.0258. The number of aliphatic hydroxyl groups excluding tert-OH is 1. The van der Waals surface area contributed by atoms with E-state index in [0.29, 0.717) is 6.54 Å². The van der Waals surface area contributed by atoms with Crippen LogP contribution in [0.2, 0.25) is 0 Å². The number of hydrogen-bond acceptors (Lipinski definition) is 3. The van der Waals surface area contributed by atoms with E-state index >= 15 is 0 Å². The molecule has 1 aromatic heterocycles. The Morgan fingerprint density at radius 3 is 3.00 bits per heavy atom. The monoisotopic (exact) mass is 227 g/mol. The van der Waals surface area contributed by atoms with E-state index in [0.717, 1.165) is 16.9 Å². The molecule has 0 radical (unpaired) electrons. The third-order valence-electron chi connectivity index (χ3n) is 2.26. The highest BCUT2D eigenvalue weighted by atomic mass is 32.1. The normalized spacial score (nSPS) is 12.5. The van der Waals surface area contributed by atoms with Gasteiger partial charge < -0.3 is 10.4 Å². The van der Waals surface area contributed by atoms with E-state index in [1.165, 1.54) is 11.3 Å². The molecule has 1 amide bonds. The minimum Gasteiger partial charge on any atom is -0.396 e. The topological polar surface area (TPSA) is 49.3 Å². The molecule has 3 nitrogen and oxygen atoms in total. The van der Waals surface area contributed by atoms with Crippen LogP contribution in [0.1, 0.15) is 29.1 Å². The number of hydrogen-bond donors (Lipinski definition) is 2. The van der Waals surface area contributed by atoms with E-state index in [2.05, 4.69) is 5.32 Å². The summed E-state index contributed by atoms with van der Waals surface area (Å²) in [6.07, 6.45) is 0.877. The van der Waals surface area contributed by atoms with Crippen LogP contribution >= 0.6 is 11.3 Å². The molecular formula is C11H17NO2S. The molecular weight excluding hydrogens is 210 g/mol. The highest BCUT2D eigenvalue weighted by Gasteiger charge is 2.12.